The number of benzene rings is 2. The second kappa shape index (κ2) is 8.69. The first-order valence-corrected chi connectivity index (χ1v) is 10.7. The van der Waals surface area contributed by atoms with E-state index in [1.54, 1.807) is 0 Å². The van der Waals surface area contributed by atoms with Crippen LogP contribution < -0.4 is 9.64 Å². The smallest absolute Gasteiger partial charge is 0.277 e. The normalized spacial score (nSPS) is 14.3. The molecule has 1 aromatic heterocycles. The number of hydrogen-bond donors (Lipinski definition) is 0. The Hall–Kier alpha value is -2.80. The zero-order valence-electron chi connectivity index (χ0n) is 16.5. The third-order valence-corrected chi connectivity index (χ3v) is 5.74. The van der Waals surface area contributed by atoms with Crippen molar-refractivity contribution in [2.75, 3.05) is 18.1 Å². The summed E-state index contributed by atoms with van der Waals surface area (Å²) >= 11 is 1.29. The van der Waals surface area contributed by atoms with Gasteiger partial charge in [-0.05, 0) is 62.6 Å². The maximum atomic E-state index is 13.0. The number of rotatable bonds is 6. The van der Waals surface area contributed by atoms with Gasteiger partial charge in [-0.3, -0.25) is 4.79 Å². The van der Waals surface area contributed by atoms with Gasteiger partial charge >= 0.3 is 0 Å². The standard InChI is InChI=1S/C22H23N3O3S/c1-3-27-18-12-10-17(11-13-18)20-23-24-22(28-20)29-15(2)21(26)25-14-6-8-16-7-4-5-9-19(16)25/h4-5,7,9-13,15H,3,6,8,14H2,1-2H3. The summed E-state index contributed by atoms with van der Waals surface area (Å²) in [6, 6.07) is 15.6. The molecule has 1 amide bonds. The molecule has 1 aliphatic heterocycles. The largest absolute Gasteiger partial charge is 0.494 e. The molecular formula is C22H23N3O3S. The molecule has 3 aromatic rings. The van der Waals surface area contributed by atoms with Gasteiger partial charge in [0.1, 0.15) is 5.75 Å². The molecule has 0 saturated heterocycles. The lowest BCUT2D eigenvalue weighted by Crippen LogP contribution is -2.40. The van der Waals surface area contributed by atoms with E-state index >= 15 is 0 Å². The molecule has 1 aliphatic rings. The van der Waals surface area contributed by atoms with Crippen molar-refractivity contribution < 1.29 is 13.9 Å². The summed E-state index contributed by atoms with van der Waals surface area (Å²) < 4.78 is 11.2. The molecule has 150 valence electrons. The van der Waals surface area contributed by atoms with Crippen LogP contribution in [0.2, 0.25) is 0 Å². The highest BCUT2D eigenvalue weighted by Gasteiger charge is 2.28. The highest BCUT2D eigenvalue weighted by atomic mass is 32.2. The van der Waals surface area contributed by atoms with E-state index in [1.807, 2.05) is 61.2 Å². The van der Waals surface area contributed by atoms with Crippen molar-refractivity contribution in [2.24, 2.45) is 0 Å². The minimum absolute atomic E-state index is 0.0583. The van der Waals surface area contributed by atoms with E-state index < -0.39 is 0 Å². The molecule has 1 unspecified atom stereocenters. The van der Waals surface area contributed by atoms with Crippen LogP contribution in [0.3, 0.4) is 0 Å². The van der Waals surface area contributed by atoms with Gasteiger partial charge in [0.15, 0.2) is 0 Å². The minimum Gasteiger partial charge on any atom is -0.494 e. The van der Waals surface area contributed by atoms with Crippen LogP contribution in [0.5, 0.6) is 5.75 Å². The fourth-order valence-electron chi connectivity index (χ4n) is 3.42. The number of aromatic nitrogens is 2. The Bertz CT molecular complexity index is 987. The van der Waals surface area contributed by atoms with Gasteiger partial charge < -0.3 is 14.1 Å². The Labute approximate surface area is 174 Å². The van der Waals surface area contributed by atoms with Gasteiger partial charge in [0, 0.05) is 17.8 Å². The van der Waals surface area contributed by atoms with Gasteiger partial charge in [-0.25, -0.2) is 0 Å². The van der Waals surface area contributed by atoms with Crippen molar-refractivity contribution in [1.29, 1.82) is 0 Å². The lowest BCUT2D eigenvalue weighted by Gasteiger charge is -2.31. The molecule has 0 saturated carbocycles. The molecule has 0 aliphatic carbocycles. The molecule has 6 nitrogen and oxygen atoms in total. The van der Waals surface area contributed by atoms with Crippen LogP contribution in [0, 0.1) is 0 Å². The topological polar surface area (TPSA) is 68.5 Å². The number of aryl methyl sites for hydroxylation is 1. The number of thioether (sulfide) groups is 1. The number of para-hydroxylation sites is 1. The molecule has 2 aromatic carbocycles. The van der Waals surface area contributed by atoms with Crippen molar-refractivity contribution >= 4 is 23.4 Å². The van der Waals surface area contributed by atoms with Gasteiger partial charge in [-0.15, -0.1) is 10.2 Å². The zero-order chi connectivity index (χ0) is 20.2. The summed E-state index contributed by atoms with van der Waals surface area (Å²) in [5, 5.41) is 8.29. The summed E-state index contributed by atoms with van der Waals surface area (Å²) in [4.78, 5) is 14.9. The van der Waals surface area contributed by atoms with Crippen LogP contribution in [0.15, 0.2) is 58.2 Å². The van der Waals surface area contributed by atoms with E-state index in [4.69, 9.17) is 9.15 Å². The number of anilines is 1. The van der Waals surface area contributed by atoms with Crippen molar-refractivity contribution in [2.45, 2.75) is 37.2 Å². The lowest BCUT2D eigenvalue weighted by atomic mass is 10.0. The number of amides is 1. The van der Waals surface area contributed by atoms with E-state index in [-0.39, 0.29) is 11.2 Å². The Morgan fingerprint density at radius 2 is 2.00 bits per heavy atom. The number of nitrogens with zero attached hydrogens (tertiary/aromatic N) is 3. The van der Waals surface area contributed by atoms with Crippen LogP contribution >= 0.6 is 11.8 Å². The maximum Gasteiger partial charge on any atom is 0.277 e. The summed E-state index contributed by atoms with van der Waals surface area (Å²) in [6.07, 6.45) is 1.99. The molecule has 2 heterocycles. The molecule has 0 fully saturated rings. The molecule has 29 heavy (non-hydrogen) atoms. The van der Waals surface area contributed by atoms with Gasteiger partial charge in [-0.2, -0.15) is 0 Å². The molecule has 4 rings (SSSR count). The van der Waals surface area contributed by atoms with Crippen LogP contribution in [0.4, 0.5) is 5.69 Å². The van der Waals surface area contributed by atoms with Crippen molar-refractivity contribution in [1.82, 2.24) is 10.2 Å². The minimum atomic E-state index is -0.324. The Balaban J connectivity index is 1.44. The SMILES string of the molecule is CCOc1ccc(-c2nnc(SC(C)C(=O)N3CCCc4ccccc43)o2)cc1. The van der Waals surface area contributed by atoms with Crippen LogP contribution in [0.25, 0.3) is 11.5 Å². The molecule has 0 radical (unpaired) electrons. The molecule has 7 heteroatoms. The average Bonchev–Trinajstić information content (AvgIpc) is 3.22. The summed E-state index contributed by atoms with van der Waals surface area (Å²) in [5.41, 5.74) is 3.05. The first-order chi connectivity index (χ1) is 14.2. The van der Waals surface area contributed by atoms with Gasteiger partial charge in [0.2, 0.25) is 11.8 Å². The van der Waals surface area contributed by atoms with Crippen molar-refractivity contribution in [3.8, 4) is 17.2 Å². The first kappa shape index (κ1) is 19.5. The number of carbonyl (C=O) groups excluding carboxylic acids is 1. The first-order valence-electron chi connectivity index (χ1n) is 9.78. The van der Waals surface area contributed by atoms with E-state index in [9.17, 15) is 4.79 Å². The predicted octanol–water partition coefficient (Wildman–Crippen LogP) is 4.60. The van der Waals surface area contributed by atoms with Crippen molar-refractivity contribution in [3.05, 3.63) is 54.1 Å². The number of ether oxygens (including phenoxy) is 1. The quantitative estimate of drug-likeness (QED) is 0.555. The van der Waals surface area contributed by atoms with E-state index in [0.717, 1.165) is 36.4 Å². The molecular weight excluding hydrogens is 386 g/mol. The Kier molecular flexibility index (Phi) is 5.85. The number of hydrogen-bond acceptors (Lipinski definition) is 6. The van der Waals surface area contributed by atoms with Gasteiger partial charge in [0.25, 0.3) is 5.22 Å². The fraction of sp³-hybridized carbons (Fsp3) is 0.318. The molecule has 1 atom stereocenters. The third kappa shape index (κ3) is 4.29. The Morgan fingerprint density at radius 3 is 2.79 bits per heavy atom. The van der Waals surface area contributed by atoms with Crippen LogP contribution in [-0.4, -0.2) is 34.5 Å². The lowest BCUT2D eigenvalue weighted by molar-refractivity contribution is -0.117. The number of carbonyl (C=O) groups is 1. The second-order valence-electron chi connectivity index (χ2n) is 6.81. The average molecular weight is 410 g/mol. The monoisotopic (exact) mass is 409 g/mol. The summed E-state index contributed by atoms with van der Waals surface area (Å²) in [6.45, 7) is 5.18. The van der Waals surface area contributed by atoms with Crippen molar-refractivity contribution in [3.63, 3.8) is 0 Å². The highest BCUT2D eigenvalue weighted by Crippen LogP contribution is 2.31. The van der Waals surface area contributed by atoms with Crippen LogP contribution in [0.1, 0.15) is 25.8 Å². The Morgan fingerprint density at radius 1 is 1.21 bits per heavy atom. The summed E-state index contributed by atoms with van der Waals surface area (Å²) in [7, 11) is 0. The maximum absolute atomic E-state index is 13.0. The molecule has 0 bridgehead atoms. The summed E-state index contributed by atoms with van der Waals surface area (Å²) in [5.74, 6) is 1.29. The second-order valence-corrected chi connectivity index (χ2v) is 8.10. The third-order valence-electron chi connectivity index (χ3n) is 4.82. The highest BCUT2D eigenvalue weighted by molar-refractivity contribution is 8.00. The van der Waals surface area contributed by atoms with Crippen LogP contribution in [-0.2, 0) is 11.2 Å². The molecule has 0 spiro atoms. The molecule has 0 N–H and O–H groups in total. The van der Waals surface area contributed by atoms with Gasteiger partial charge in [0.05, 0.1) is 11.9 Å². The number of fused-ring (bicyclic) bond motifs is 1. The van der Waals surface area contributed by atoms with E-state index in [0.29, 0.717) is 17.7 Å². The van der Waals surface area contributed by atoms with E-state index in [2.05, 4.69) is 16.3 Å². The van der Waals surface area contributed by atoms with Gasteiger partial charge in [-0.1, -0.05) is 30.0 Å². The zero-order valence-corrected chi connectivity index (χ0v) is 17.3. The predicted molar refractivity (Wildman–Crippen MR) is 113 cm³/mol. The fourth-order valence-corrected chi connectivity index (χ4v) is 4.16. The van der Waals surface area contributed by atoms with E-state index in [1.165, 1.54) is 17.3 Å².